The van der Waals surface area contributed by atoms with Crippen molar-refractivity contribution >= 4 is 90.1 Å². The van der Waals surface area contributed by atoms with E-state index in [1.165, 1.54) is 11.3 Å². The molecular formula is C35H26BrI2N3O4S. The lowest BCUT2D eigenvalue weighted by Gasteiger charge is -2.25. The Morgan fingerprint density at radius 1 is 1.04 bits per heavy atom. The molecule has 1 aromatic heterocycles. The zero-order valence-electron chi connectivity index (χ0n) is 24.6. The summed E-state index contributed by atoms with van der Waals surface area (Å²) >= 11 is 9.31. The van der Waals surface area contributed by atoms with Crippen LogP contribution in [0.15, 0.2) is 117 Å². The summed E-state index contributed by atoms with van der Waals surface area (Å²) in [6.45, 7) is 2.18. The van der Waals surface area contributed by atoms with Crippen LogP contribution in [0.4, 0.5) is 5.69 Å². The summed E-state index contributed by atoms with van der Waals surface area (Å²) in [7, 11) is 1.59. The number of carbonyl (C=O) groups is 1. The molecule has 1 N–H and O–H groups in total. The highest BCUT2D eigenvalue weighted by Gasteiger charge is 2.33. The Balaban J connectivity index is 1.47. The van der Waals surface area contributed by atoms with Crippen LogP contribution in [-0.4, -0.2) is 17.6 Å². The van der Waals surface area contributed by atoms with Crippen molar-refractivity contribution in [1.82, 2.24) is 4.57 Å². The number of methoxy groups -OCH3 is 1. The molecule has 0 fully saturated rings. The van der Waals surface area contributed by atoms with Gasteiger partial charge in [-0.2, -0.15) is 0 Å². The quantitative estimate of drug-likeness (QED) is 0.164. The maximum atomic E-state index is 14.3. The maximum absolute atomic E-state index is 14.3. The van der Waals surface area contributed by atoms with Crippen LogP contribution >= 0.6 is 72.4 Å². The van der Waals surface area contributed by atoms with E-state index in [0.29, 0.717) is 44.4 Å². The van der Waals surface area contributed by atoms with Crippen LogP contribution in [0, 0.1) is 7.14 Å². The number of ether oxygens (including phenoxy) is 2. The molecule has 11 heteroatoms. The van der Waals surface area contributed by atoms with Gasteiger partial charge < -0.3 is 14.8 Å². The monoisotopic (exact) mass is 917 g/mol. The van der Waals surface area contributed by atoms with Gasteiger partial charge in [0.1, 0.15) is 18.1 Å². The third kappa shape index (κ3) is 7.02. The first-order chi connectivity index (χ1) is 22.2. The highest BCUT2D eigenvalue weighted by Crippen LogP contribution is 2.33. The number of halogens is 3. The third-order valence-electron chi connectivity index (χ3n) is 7.33. The van der Waals surface area contributed by atoms with Gasteiger partial charge in [-0.05, 0) is 118 Å². The predicted molar refractivity (Wildman–Crippen MR) is 202 cm³/mol. The van der Waals surface area contributed by atoms with E-state index < -0.39 is 6.04 Å². The SMILES string of the molecule is COc1cccc([C@@H]2C(C(=O)Nc3ccccc3)=C(C)N=c3s/c(=C\c4cc(I)cc(I)c4OCc4ccc(Br)cc4)c(=O)n32)c1. The minimum Gasteiger partial charge on any atom is -0.497 e. The van der Waals surface area contributed by atoms with Crippen molar-refractivity contribution in [3.05, 3.63) is 150 Å². The number of amides is 1. The Bertz CT molecular complexity index is 2160. The molecule has 5 aromatic rings. The second-order valence-electron chi connectivity index (χ2n) is 10.4. The topological polar surface area (TPSA) is 81.9 Å². The van der Waals surface area contributed by atoms with Crippen LogP contribution in [-0.2, 0) is 11.4 Å². The van der Waals surface area contributed by atoms with Crippen LogP contribution < -0.4 is 29.7 Å². The average molecular weight is 918 g/mol. The molecule has 4 aromatic carbocycles. The number of rotatable bonds is 8. The number of nitrogens with one attached hydrogen (secondary N) is 1. The first-order valence-electron chi connectivity index (χ1n) is 14.1. The molecule has 2 heterocycles. The van der Waals surface area contributed by atoms with Crippen molar-refractivity contribution in [3.63, 3.8) is 0 Å². The van der Waals surface area contributed by atoms with E-state index in [-0.39, 0.29) is 11.5 Å². The highest BCUT2D eigenvalue weighted by atomic mass is 127. The van der Waals surface area contributed by atoms with Gasteiger partial charge in [0, 0.05) is 19.3 Å². The number of aromatic nitrogens is 1. The van der Waals surface area contributed by atoms with E-state index in [0.717, 1.165) is 28.3 Å². The normalized spacial score (nSPS) is 14.5. The average Bonchev–Trinajstić information content (AvgIpc) is 3.34. The van der Waals surface area contributed by atoms with Crippen molar-refractivity contribution in [2.75, 3.05) is 12.4 Å². The molecule has 0 unspecified atom stereocenters. The molecular weight excluding hydrogens is 892 g/mol. The minimum atomic E-state index is -0.721. The Morgan fingerprint density at radius 3 is 2.54 bits per heavy atom. The Hall–Kier alpha value is -3.27. The lowest BCUT2D eigenvalue weighted by atomic mass is 9.95. The van der Waals surface area contributed by atoms with Crippen molar-refractivity contribution in [1.29, 1.82) is 0 Å². The maximum Gasteiger partial charge on any atom is 0.271 e. The molecule has 1 atom stereocenters. The van der Waals surface area contributed by atoms with Gasteiger partial charge in [-0.15, -0.1) is 0 Å². The smallest absolute Gasteiger partial charge is 0.271 e. The largest absolute Gasteiger partial charge is 0.497 e. The lowest BCUT2D eigenvalue weighted by molar-refractivity contribution is -0.113. The molecule has 1 aliphatic rings. The van der Waals surface area contributed by atoms with Crippen molar-refractivity contribution in [3.8, 4) is 11.5 Å². The summed E-state index contributed by atoms with van der Waals surface area (Å²) in [5.41, 5.74) is 3.88. The van der Waals surface area contributed by atoms with Gasteiger partial charge in [0.05, 0.1) is 32.5 Å². The summed E-state index contributed by atoms with van der Waals surface area (Å²) in [6, 6.07) is 28.0. The van der Waals surface area contributed by atoms with Crippen LogP contribution in [0.25, 0.3) is 6.08 Å². The summed E-state index contributed by atoms with van der Waals surface area (Å²) < 4.78 is 16.9. The van der Waals surface area contributed by atoms with Gasteiger partial charge in [-0.25, -0.2) is 4.99 Å². The standard InChI is InChI=1S/C35H26BrI2N3O4S/c1-20-30(33(42)40-26-8-4-3-5-9-26)31(22-7-6-10-27(16-22)44-2)41-34(43)29(46-35(41)39-20)17-23-15-25(37)18-28(38)32(23)45-19-21-11-13-24(36)14-12-21/h3-18,31H,19H2,1-2H3,(H,40,42)/b29-17-/t31-/m1/s1. The zero-order valence-corrected chi connectivity index (χ0v) is 31.3. The number of nitrogens with zero attached hydrogens (tertiary/aromatic N) is 2. The van der Waals surface area contributed by atoms with Crippen LogP contribution in [0.3, 0.4) is 0 Å². The highest BCUT2D eigenvalue weighted by molar-refractivity contribution is 14.1. The number of para-hydroxylation sites is 1. The number of benzene rings is 4. The molecule has 0 aliphatic carbocycles. The van der Waals surface area contributed by atoms with E-state index in [9.17, 15) is 9.59 Å². The van der Waals surface area contributed by atoms with Crippen molar-refractivity contribution < 1.29 is 14.3 Å². The van der Waals surface area contributed by atoms with Gasteiger partial charge in [0.15, 0.2) is 4.80 Å². The van der Waals surface area contributed by atoms with Crippen LogP contribution in [0.5, 0.6) is 11.5 Å². The molecule has 7 nitrogen and oxygen atoms in total. The van der Waals surface area contributed by atoms with E-state index >= 15 is 0 Å². The molecule has 6 rings (SSSR count). The van der Waals surface area contributed by atoms with Crippen LogP contribution in [0.2, 0.25) is 0 Å². The minimum absolute atomic E-state index is 0.248. The molecule has 0 saturated heterocycles. The van der Waals surface area contributed by atoms with E-state index in [1.54, 1.807) is 18.6 Å². The molecule has 0 bridgehead atoms. The number of hydrogen-bond donors (Lipinski definition) is 1. The van der Waals surface area contributed by atoms with E-state index in [4.69, 9.17) is 14.5 Å². The van der Waals surface area contributed by atoms with Gasteiger partial charge in [-0.1, -0.05) is 69.7 Å². The van der Waals surface area contributed by atoms with Gasteiger partial charge in [0.2, 0.25) is 0 Å². The predicted octanol–water partition coefficient (Wildman–Crippen LogP) is 7.43. The number of fused-ring (bicyclic) bond motifs is 1. The van der Waals surface area contributed by atoms with Crippen molar-refractivity contribution in [2.45, 2.75) is 19.6 Å². The number of hydrogen-bond acceptors (Lipinski definition) is 6. The molecule has 1 aliphatic heterocycles. The second-order valence-corrected chi connectivity index (χ2v) is 14.7. The number of carbonyl (C=O) groups excluding carboxylic acids is 1. The third-order valence-corrected chi connectivity index (χ3v) is 10.3. The van der Waals surface area contributed by atoms with Gasteiger partial charge >= 0.3 is 0 Å². The number of anilines is 1. The molecule has 0 saturated carbocycles. The fraction of sp³-hybridized carbons (Fsp3) is 0.114. The molecule has 0 spiro atoms. The van der Waals surface area contributed by atoms with Gasteiger partial charge in [0.25, 0.3) is 11.5 Å². The van der Waals surface area contributed by atoms with E-state index in [1.807, 2.05) is 97.1 Å². The van der Waals surface area contributed by atoms with E-state index in [2.05, 4.69) is 66.4 Å². The summed E-state index contributed by atoms with van der Waals surface area (Å²) in [4.78, 5) is 33.5. The molecule has 232 valence electrons. The second kappa shape index (κ2) is 14.2. The lowest BCUT2D eigenvalue weighted by Crippen LogP contribution is -2.40. The number of allylic oxidation sites excluding steroid dienone is 1. The van der Waals surface area contributed by atoms with Crippen molar-refractivity contribution in [2.24, 2.45) is 4.99 Å². The zero-order chi connectivity index (χ0) is 32.4. The fourth-order valence-corrected chi connectivity index (χ4v) is 8.52. The molecule has 1 amide bonds. The molecule has 0 radical (unpaired) electrons. The Labute approximate surface area is 305 Å². The molecule has 46 heavy (non-hydrogen) atoms. The summed E-state index contributed by atoms with van der Waals surface area (Å²) in [5, 5.41) is 2.99. The summed E-state index contributed by atoms with van der Waals surface area (Å²) in [5.74, 6) is 0.988. The summed E-state index contributed by atoms with van der Waals surface area (Å²) in [6.07, 6.45) is 1.86. The fourth-order valence-electron chi connectivity index (χ4n) is 5.18. The first kappa shape index (κ1) is 32.7. The van der Waals surface area contributed by atoms with Crippen LogP contribution in [0.1, 0.15) is 29.7 Å². The van der Waals surface area contributed by atoms with Gasteiger partial charge in [-0.3, -0.25) is 14.2 Å². The Morgan fingerprint density at radius 2 is 1.80 bits per heavy atom. The number of thiazole rings is 1. The first-order valence-corrected chi connectivity index (χ1v) is 17.9. The Kier molecular flexibility index (Phi) is 10.1.